The van der Waals surface area contributed by atoms with Crippen molar-refractivity contribution in [2.24, 2.45) is 0 Å². The zero-order valence-corrected chi connectivity index (χ0v) is 19.0. The molecule has 3 aromatic carbocycles. The SMILES string of the molecule is O=C1C(Sc2ccc(Cl)cc2)=C(Sc2ccc(Cl)cc2)C(=O)N1c1ccc(Cl)cc1. The average molecular weight is 493 g/mol. The van der Waals surface area contributed by atoms with Crippen molar-refractivity contribution in [2.45, 2.75) is 9.79 Å². The van der Waals surface area contributed by atoms with E-state index in [-0.39, 0.29) is 11.8 Å². The Bertz CT molecular complexity index is 1080. The van der Waals surface area contributed by atoms with Crippen LogP contribution in [0, 0.1) is 0 Å². The monoisotopic (exact) mass is 491 g/mol. The standard InChI is InChI=1S/C22H12Cl3NO2S2/c23-13-1-7-16(8-2-13)26-21(27)19(29-17-9-3-14(24)4-10-17)20(22(26)28)30-18-11-5-15(25)6-12-18/h1-12H. The number of imide groups is 1. The highest BCUT2D eigenvalue weighted by atomic mass is 35.5. The van der Waals surface area contributed by atoms with Gasteiger partial charge in [0, 0.05) is 24.9 Å². The summed E-state index contributed by atoms with van der Waals surface area (Å²) in [6.45, 7) is 0. The number of thioether (sulfide) groups is 2. The molecule has 0 saturated carbocycles. The molecule has 1 aliphatic heterocycles. The number of carbonyl (C=O) groups is 2. The molecular weight excluding hydrogens is 481 g/mol. The lowest BCUT2D eigenvalue weighted by molar-refractivity contribution is -0.120. The van der Waals surface area contributed by atoms with Gasteiger partial charge in [-0.05, 0) is 72.8 Å². The van der Waals surface area contributed by atoms with Crippen LogP contribution in [0.1, 0.15) is 0 Å². The smallest absolute Gasteiger partial charge is 0.268 e. The third-order valence-electron chi connectivity index (χ3n) is 4.15. The molecule has 3 nitrogen and oxygen atoms in total. The van der Waals surface area contributed by atoms with E-state index in [0.717, 1.165) is 9.79 Å². The summed E-state index contributed by atoms with van der Waals surface area (Å²) in [7, 11) is 0. The molecule has 0 aromatic heterocycles. The number of halogens is 3. The normalized spacial score (nSPS) is 14.0. The van der Waals surface area contributed by atoms with Gasteiger partial charge in [-0.1, -0.05) is 58.3 Å². The molecule has 0 atom stereocenters. The lowest BCUT2D eigenvalue weighted by atomic mass is 10.3. The Labute approximate surface area is 197 Å². The van der Waals surface area contributed by atoms with Crippen molar-refractivity contribution in [3.05, 3.63) is 97.7 Å². The summed E-state index contributed by atoms with van der Waals surface area (Å²) in [6.07, 6.45) is 0. The number of benzene rings is 3. The largest absolute Gasteiger partial charge is 0.273 e. The van der Waals surface area contributed by atoms with Crippen LogP contribution in [-0.4, -0.2) is 11.8 Å². The number of hydrogen-bond acceptors (Lipinski definition) is 4. The van der Waals surface area contributed by atoms with Crippen LogP contribution in [0.25, 0.3) is 0 Å². The van der Waals surface area contributed by atoms with Gasteiger partial charge in [-0.3, -0.25) is 9.59 Å². The van der Waals surface area contributed by atoms with Crippen LogP contribution in [-0.2, 0) is 9.59 Å². The second-order valence-corrected chi connectivity index (χ2v) is 9.67. The van der Waals surface area contributed by atoms with E-state index in [1.165, 1.54) is 28.4 Å². The van der Waals surface area contributed by atoms with E-state index in [4.69, 9.17) is 34.8 Å². The van der Waals surface area contributed by atoms with Crippen LogP contribution in [0.15, 0.2) is 92.4 Å². The molecule has 0 saturated heterocycles. The molecule has 0 N–H and O–H groups in total. The highest BCUT2D eigenvalue weighted by Crippen LogP contribution is 2.44. The molecule has 8 heteroatoms. The zero-order valence-electron chi connectivity index (χ0n) is 15.1. The highest BCUT2D eigenvalue weighted by Gasteiger charge is 2.40. The second-order valence-electron chi connectivity index (χ2n) is 6.19. The molecule has 0 spiro atoms. The molecular formula is C22H12Cl3NO2S2. The molecule has 1 aliphatic rings. The predicted octanol–water partition coefficient (Wildman–Crippen LogP) is 7.32. The maximum atomic E-state index is 13.3. The maximum Gasteiger partial charge on any atom is 0.273 e. The number of rotatable bonds is 5. The number of hydrogen-bond donors (Lipinski definition) is 0. The minimum absolute atomic E-state index is 0.359. The number of anilines is 1. The van der Waals surface area contributed by atoms with Crippen molar-refractivity contribution in [1.82, 2.24) is 0 Å². The van der Waals surface area contributed by atoms with E-state index < -0.39 is 0 Å². The van der Waals surface area contributed by atoms with Gasteiger partial charge in [0.25, 0.3) is 11.8 Å². The lowest BCUT2D eigenvalue weighted by Crippen LogP contribution is -2.31. The first-order chi connectivity index (χ1) is 14.4. The summed E-state index contributed by atoms with van der Waals surface area (Å²) in [6, 6.07) is 20.8. The lowest BCUT2D eigenvalue weighted by Gasteiger charge is -2.15. The van der Waals surface area contributed by atoms with Crippen LogP contribution >= 0.6 is 58.3 Å². The first-order valence-electron chi connectivity index (χ1n) is 8.68. The molecule has 0 bridgehead atoms. The molecule has 0 aliphatic carbocycles. The molecule has 0 unspecified atom stereocenters. The quantitative estimate of drug-likeness (QED) is 0.350. The van der Waals surface area contributed by atoms with Gasteiger partial charge in [-0.25, -0.2) is 4.90 Å². The molecule has 150 valence electrons. The van der Waals surface area contributed by atoms with E-state index in [0.29, 0.717) is 30.6 Å². The Morgan fingerprint density at radius 2 is 0.867 bits per heavy atom. The van der Waals surface area contributed by atoms with Crippen LogP contribution in [0.5, 0.6) is 0 Å². The minimum Gasteiger partial charge on any atom is -0.268 e. The number of amides is 2. The Morgan fingerprint density at radius 3 is 1.23 bits per heavy atom. The number of carbonyl (C=O) groups excluding carboxylic acids is 2. The van der Waals surface area contributed by atoms with Gasteiger partial charge in [0.2, 0.25) is 0 Å². The van der Waals surface area contributed by atoms with Gasteiger partial charge in [-0.2, -0.15) is 0 Å². The van der Waals surface area contributed by atoms with Crippen molar-refractivity contribution in [2.75, 3.05) is 4.90 Å². The van der Waals surface area contributed by atoms with Gasteiger partial charge >= 0.3 is 0 Å². The summed E-state index contributed by atoms with van der Waals surface area (Å²) in [5.41, 5.74) is 0.468. The van der Waals surface area contributed by atoms with Gasteiger partial charge in [0.05, 0.1) is 15.5 Å². The van der Waals surface area contributed by atoms with Crippen molar-refractivity contribution >= 4 is 75.8 Å². The maximum absolute atomic E-state index is 13.3. The van der Waals surface area contributed by atoms with E-state index in [1.807, 2.05) is 24.3 Å². The van der Waals surface area contributed by atoms with Crippen molar-refractivity contribution in [3.63, 3.8) is 0 Å². The van der Waals surface area contributed by atoms with Crippen molar-refractivity contribution in [1.29, 1.82) is 0 Å². The minimum atomic E-state index is -0.376. The summed E-state index contributed by atoms with van der Waals surface area (Å²) in [4.78, 5) is 30.0. The Hall–Kier alpha value is -1.89. The summed E-state index contributed by atoms with van der Waals surface area (Å²) in [5, 5.41) is 1.72. The highest BCUT2D eigenvalue weighted by molar-refractivity contribution is 8.08. The second kappa shape index (κ2) is 9.08. The summed E-state index contributed by atoms with van der Waals surface area (Å²) >= 11 is 20.4. The fourth-order valence-corrected chi connectivity index (χ4v) is 5.10. The predicted molar refractivity (Wildman–Crippen MR) is 126 cm³/mol. The van der Waals surface area contributed by atoms with Crippen LogP contribution in [0.3, 0.4) is 0 Å². The third kappa shape index (κ3) is 4.56. The number of nitrogens with zero attached hydrogens (tertiary/aromatic N) is 1. The Morgan fingerprint density at radius 1 is 0.533 bits per heavy atom. The van der Waals surface area contributed by atoms with Crippen molar-refractivity contribution < 1.29 is 9.59 Å². The van der Waals surface area contributed by atoms with Gasteiger partial charge in [-0.15, -0.1) is 0 Å². The van der Waals surface area contributed by atoms with E-state index in [2.05, 4.69) is 0 Å². The first-order valence-corrected chi connectivity index (χ1v) is 11.4. The average Bonchev–Trinajstić information content (AvgIpc) is 2.96. The Balaban J connectivity index is 1.73. The Kier molecular flexibility index (Phi) is 6.46. The van der Waals surface area contributed by atoms with Crippen LogP contribution in [0.2, 0.25) is 15.1 Å². The fourth-order valence-electron chi connectivity index (χ4n) is 2.74. The topological polar surface area (TPSA) is 37.4 Å². The van der Waals surface area contributed by atoms with Crippen molar-refractivity contribution in [3.8, 4) is 0 Å². The van der Waals surface area contributed by atoms with Crippen LogP contribution in [0.4, 0.5) is 5.69 Å². The molecule has 0 radical (unpaired) electrons. The molecule has 4 rings (SSSR count). The van der Waals surface area contributed by atoms with E-state index >= 15 is 0 Å². The van der Waals surface area contributed by atoms with Gasteiger partial charge < -0.3 is 0 Å². The van der Waals surface area contributed by atoms with Gasteiger partial charge in [0.15, 0.2) is 0 Å². The molecule has 1 heterocycles. The van der Waals surface area contributed by atoms with E-state index in [1.54, 1.807) is 48.5 Å². The van der Waals surface area contributed by atoms with Gasteiger partial charge in [0.1, 0.15) is 0 Å². The molecule has 0 fully saturated rings. The van der Waals surface area contributed by atoms with Crippen LogP contribution < -0.4 is 4.90 Å². The molecule has 30 heavy (non-hydrogen) atoms. The fraction of sp³-hybridized carbons (Fsp3) is 0. The molecule has 3 aromatic rings. The molecule has 2 amide bonds. The van der Waals surface area contributed by atoms with E-state index in [9.17, 15) is 9.59 Å². The summed E-state index contributed by atoms with van der Waals surface area (Å²) in [5.74, 6) is -0.752. The zero-order chi connectivity index (χ0) is 21.3. The first kappa shape index (κ1) is 21.3. The third-order valence-corrected chi connectivity index (χ3v) is 7.22. The summed E-state index contributed by atoms with van der Waals surface area (Å²) < 4.78 is 0.